The highest BCUT2D eigenvalue weighted by Crippen LogP contribution is 2.20. The molecule has 0 unspecified atom stereocenters. The second-order valence-corrected chi connectivity index (χ2v) is 3.71. The molecule has 96 valence electrons. The molecule has 1 amide bonds. The van der Waals surface area contributed by atoms with Gasteiger partial charge in [0, 0.05) is 20.1 Å². The number of rotatable bonds is 5. The number of nitrogens with zero attached hydrogens (tertiary/aromatic N) is 2. The molecular formula is C13H16FN3O. The summed E-state index contributed by atoms with van der Waals surface area (Å²) in [6, 6.07) is 6.37. The van der Waals surface area contributed by atoms with Gasteiger partial charge < -0.3 is 10.2 Å². The average Bonchev–Trinajstić information content (AvgIpc) is 2.39. The van der Waals surface area contributed by atoms with Gasteiger partial charge in [0.25, 0.3) is 5.91 Å². The largest absolute Gasteiger partial charge is 0.385 e. The van der Waals surface area contributed by atoms with Crippen molar-refractivity contribution in [3.05, 3.63) is 29.6 Å². The van der Waals surface area contributed by atoms with Gasteiger partial charge in [-0.2, -0.15) is 5.26 Å². The maximum absolute atomic E-state index is 13.5. The van der Waals surface area contributed by atoms with E-state index in [0.717, 1.165) is 0 Å². The van der Waals surface area contributed by atoms with Crippen molar-refractivity contribution in [1.29, 1.82) is 5.26 Å². The van der Waals surface area contributed by atoms with Gasteiger partial charge in [-0.3, -0.25) is 4.79 Å². The Bertz CT molecular complexity index is 468. The summed E-state index contributed by atoms with van der Waals surface area (Å²) < 4.78 is 13.5. The summed E-state index contributed by atoms with van der Waals surface area (Å²) in [4.78, 5) is 13.8. The van der Waals surface area contributed by atoms with Crippen LogP contribution in [0.25, 0.3) is 0 Å². The van der Waals surface area contributed by atoms with Crippen molar-refractivity contribution in [2.24, 2.45) is 0 Å². The number of nitriles is 1. The van der Waals surface area contributed by atoms with Crippen LogP contribution in [0.3, 0.4) is 0 Å². The molecule has 0 heterocycles. The minimum atomic E-state index is -0.459. The Morgan fingerprint density at radius 1 is 1.56 bits per heavy atom. The molecule has 0 saturated carbocycles. The van der Waals surface area contributed by atoms with E-state index < -0.39 is 5.82 Å². The second-order valence-electron chi connectivity index (χ2n) is 3.71. The van der Waals surface area contributed by atoms with Crippen LogP contribution in [0.2, 0.25) is 0 Å². The number of hydrogen-bond acceptors (Lipinski definition) is 3. The van der Waals surface area contributed by atoms with Crippen molar-refractivity contribution in [1.82, 2.24) is 4.90 Å². The van der Waals surface area contributed by atoms with Crippen molar-refractivity contribution < 1.29 is 9.18 Å². The van der Waals surface area contributed by atoms with Crippen LogP contribution in [0.4, 0.5) is 10.1 Å². The highest BCUT2D eigenvalue weighted by atomic mass is 19.1. The van der Waals surface area contributed by atoms with Crippen molar-refractivity contribution in [2.75, 3.05) is 25.5 Å². The van der Waals surface area contributed by atoms with Crippen LogP contribution in [0.15, 0.2) is 18.2 Å². The van der Waals surface area contributed by atoms with Gasteiger partial charge in [-0.1, -0.05) is 6.07 Å². The van der Waals surface area contributed by atoms with Crippen molar-refractivity contribution >= 4 is 11.6 Å². The Morgan fingerprint density at radius 2 is 2.28 bits per heavy atom. The first-order valence-corrected chi connectivity index (χ1v) is 5.78. The van der Waals surface area contributed by atoms with Crippen LogP contribution in [0.1, 0.15) is 23.7 Å². The summed E-state index contributed by atoms with van der Waals surface area (Å²) in [5.74, 6) is -0.726. The number of carbonyl (C=O) groups excluding carboxylic acids is 1. The van der Waals surface area contributed by atoms with E-state index in [1.165, 1.54) is 17.0 Å². The summed E-state index contributed by atoms with van der Waals surface area (Å²) in [5.41, 5.74) is 0.482. The van der Waals surface area contributed by atoms with Gasteiger partial charge in [0.05, 0.1) is 23.7 Å². The molecule has 0 fully saturated rings. The van der Waals surface area contributed by atoms with Crippen LogP contribution in [0, 0.1) is 17.1 Å². The molecule has 0 aliphatic heterocycles. The number of halogens is 1. The monoisotopic (exact) mass is 249 g/mol. The van der Waals surface area contributed by atoms with Crippen LogP contribution >= 0.6 is 0 Å². The Labute approximate surface area is 106 Å². The third kappa shape index (κ3) is 2.98. The number of benzene rings is 1. The fourth-order valence-electron chi connectivity index (χ4n) is 1.72. The van der Waals surface area contributed by atoms with Gasteiger partial charge in [0.2, 0.25) is 0 Å². The van der Waals surface area contributed by atoms with E-state index in [2.05, 4.69) is 5.32 Å². The van der Waals surface area contributed by atoms with E-state index in [9.17, 15) is 9.18 Å². The number of para-hydroxylation sites is 1. The average molecular weight is 249 g/mol. The summed E-state index contributed by atoms with van der Waals surface area (Å²) >= 11 is 0. The van der Waals surface area contributed by atoms with Gasteiger partial charge in [-0.25, -0.2) is 4.39 Å². The molecule has 0 bridgehead atoms. The molecule has 4 nitrogen and oxygen atoms in total. The third-order valence-electron chi connectivity index (χ3n) is 2.66. The van der Waals surface area contributed by atoms with Gasteiger partial charge in [-0.05, 0) is 19.1 Å². The first-order valence-electron chi connectivity index (χ1n) is 5.78. The Kier molecular flexibility index (Phi) is 5.12. The van der Waals surface area contributed by atoms with Gasteiger partial charge in [-0.15, -0.1) is 0 Å². The molecule has 0 aromatic heterocycles. The predicted molar refractivity (Wildman–Crippen MR) is 67.8 cm³/mol. The number of anilines is 1. The van der Waals surface area contributed by atoms with Crippen molar-refractivity contribution in [3.63, 3.8) is 0 Å². The lowest BCUT2D eigenvalue weighted by atomic mass is 10.1. The Balaban J connectivity index is 3.02. The molecule has 0 spiro atoms. The van der Waals surface area contributed by atoms with Crippen LogP contribution in [-0.2, 0) is 0 Å². The summed E-state index contributed by atoms with van der Waals surface area (Å²) in [6.45, 7) is 2.67. The topological polar surface area (TPSA) is 56.1 Å². The standard InChI is InChI=1S/C13H16FN3O/c1-3-17(9-5-8-15)13(18)10-6-4-7-11(14)12(10)16-2/h4,6-7,16H,3,5,9H2,1-2H3. The van der Waals surface area contributed by atoms with Gasteiger partial charge in [0.15, 0.2) is 0 Å². The molecule has 5 heteroatoms. The predicted octanol–water partition coefficient (Wildman–Crippen LogP) is 2.24. The third-order valence-corrected chi connectivity index (χ3v) is 2.66. The van der Waals surface area contributed by atoms with Crippen LogP contribution < -0.4 is 5.32 Å². The number of carbonyl (C=O) groups is 1. The first kappa shape index (κ1) is 14.0. The van der Waals surface area contributed by atoms with Crippen molar-refractivity contribution in [3.8, 4) is 6.07 Å². The quantitative estimate of drug-likeness (QED) is 0.870. The number of nitrogens with one attached hydrogen (secondary N) is 1. The zero-order chi connectivity index (χ0) is 13.5. The molecule has 0 radical (unpaired) electrons. The second kappa shape index (κ2) is 6.60. The normalized spacial score (nSPS) is 9.67. The lowest BCUT2D eigenvalue weighted by molar-refractivity contribution is 0.0768. The molecule has 0 aliphatic rings. The highest BCUT2D eigenvalue weighted by molar-refractivity contribution is 5.99. The van der Waals surface area contributed by atoms with E-state index >= 15 is 0 Å². The molecule has 0 aliphatic carbocycles. The van der Waals surface area contributed by atoms with E-state index in [1.54, 1.807) is 13.1 Å². The summed E-state index contributed by atoms with van der Waals surface area (Å²) in [6.07, 6.45) is 0.268. The molecule has 1 aromatic carbocycles. The minimum absolute atomic E-state index is 0.193. The zero-order valence-electron chi connectivity index (χ0n) is 10.5. The lowest BCUT2D eigenvalue weighted by Crippen LogP contribution is -2.32. The lowest BCUT2D eigenvalue weighted by Gasteiger charge is -2.21. The van der Waals surface area contributed by atoms with E-state index in [-0.39, 0.29) is 23.6 Å². The Hall–Kier alpha value is -2.09. The maximum Gasteiger partial charge on any atom is 0.256 e. The van der Waals surface area contributed by atoms with Crippen LogP contribution in [0.5, 0.6) is 0 Å². The first-order chi connectivity index (χ1) is 8.65. The van der Waals surface area contributed by atoms with Crippen LogP contribution in [-0.4, -0.2) is 30.9 Å². The van der Waals surface area contributed by atoms with E-state index in [1.807, 2.05) is 13.0 Å². The molecule has 0 saturated heterocycles. The molecule has 18 heavy (non-hydrogen) atoms. The summed E-state index contributed by atoms with van der Waals surface area (Å²) in [7, 11) is 1.57. The SMILES string of the molecule is CCN(CCC#N)C(=O)c1cccc(F)c1NC. The zero-order valence-corrected chi connectivity index (χ0v) is 10.5. The van der Waals surface area contributed by atoms with E-state index in [4.69, 9.17) is 5.26 Å². The molecule has 1 N–H and O–H groups in total. The smallest absolute Gasteiger partial charge is 0.256 e. The minimum Gasteiger partial charge on any atom is -0.385 e. The van der Waals surface area contributed by atoms with Gasteiger partial charge >= 0.3 is 0 Å². The van der Waals surface area contributed by atoms with Crippen molar-refractivity contribution in [2.45, 2.75) is 13.3 Å². The molecule has 1 aromatic rings. The maximum atomic E-state index is 13.5. The summed E-state index contributed by atoms with van der Waals surface area (Å²) in [5, 5.41) is 11.2. The Morgan fingerprint density at radius 3 is 2.83 bits per heavy atom. The van der Waals surface area contributed by atoms with Gasteiger partial charge in [0.1, 0.15) is 5.82 Å². The fourth-order valence-corrected chi connectivity index (χ4v) is 1.72. The number of hydrogen-bond donors (Lipinski definition) is 1. The molecule has 1 rings (SSSR count). The molecular weight excluding hydrogens is 233 g/mol. The molecule has 0 atom stereocenters. The fraction of sp³-hybridized carbons (Fsp3) is 0.385. The van der Waals surface area contributed by atoms with E-state index in [0.29, 0.717) is 13.1 Å². The number of amides is 1. The highest BCUT2D eigenvalue weighted by Gasteiger charge is 2.18.